The first-order valence-electron chi connectivity index (χ1n) is 4.86. The third-order valence-corrected chi connectivity index (χ3v) is 2.36. The van der Waals surface area contributed by atoms with Gasteiger partial charge in [0.15, 0.2) is 0 Å². The van der Waals surface area contributed by atoms with Crippen molar-refractivity contribution in [3.8, 4) is 5.88 Å². The maximum Gasteiger partial charge on any atom is 0.434 e. The molecule has 0 aliphatic rings. The number of ether oxygens (including phenoxy) is 1. The Hall–Kier alpha value is -1.25. The highest BCUT2D eigenvalue weighted by atomic mass is 35.5. The zero-order valence-electron chi connectivity index (χ0n) is 9.31. The maximum atomic E-state index is 12.3. The average molecular weight is 309 g/mol. The minimum atomic E-state index is -5.61. The standard InChI is InChI=1S/C9H7ClF6N2O/c1-2-4-5(10)17-3-18-6(4)19-7(8(11,12)13)9(14,15)16/h3,7H,2H2,1H3. The summed E-state index contributed by atoms with van der Waals surface area (Å²) in [5.74, 6) is -0.831. The molecule has 0 atom stereocenters. The Morgan fingerprint density at radius 1 is 1.16 bits per heavy atom. The van der Waals surface area contributed by atoms with Crippen LogP contribution in [0.15, 0.2) is 6.33 Å². The molecule has 1 aromatic heterocycles. The highest BCUT2D eigenvalue weighted by molar-refractivity contribution is 6.30. The quantitative estimate of drug-likeness (QED) is 0.632. The third kappa shape index (κ3) is 3.85. The van der Waals surface area contributed by atoms with E-state index in [1.165, 1.54) is 6.92 Å². The maximum absolute atomic E-state index is 12.3. The third-order valence-electron chi connectivity index (χ3n) is 2.03. The average Bonchev–Trinajstić information content (AvgIpc) is 2.22. The van der Waals surface area contributed by atoms with E-state index in [2.05, 4.69) is 14.7 Å². The van der Waals surface area contributed by atoms with E-state index in [0.717, 1.165) is 6.33 Å². The number of aromatic nitrogens is 2. The SMILES string of the molecule is CCc1c(Cl)ncnc1OC(C(F)(F)F)C(F)(F)F. The van der Waals surface area contributed by atoms with Gasteiger partial charge < -0.3 is 4.74 Å². The number of hydrogen-bond donors (Lipinski definition) is 0. The zero-order valence-corrected chi connectivity index (χ0v) is 10.1. The second-order valence-electron chi connectivity index (χ2n) is 3.38. The first-order valence-corrected chi connectivity index (χ1v) is 5.24. The Morgan fingerprint density at radius 2 is 1.68 bits per heavy atom. The Bertz CT molecular complexity index is 433. The molecule has 0 aromatic carbocycles. The summed E-state index contributed by atoms with van der Waals surface area (Å²) in [4.78, 5) is 6.71. The molecule has 0 radical (unpaired) electrons. The largest absolute Gasteiger partial charge is 0.454 e. The van der Waals surface area contributed by atoms with Gasteiger partial charge in [0.2, 0.25) is 5.88 Å². The van der Waals surface area contributed by atoms with Gasteiger partial charge in [0, 0.05) is 0 Å². The summed E-state index contributed by atoms with van der Waals surface area (Å²) in [7, 11) is 0. The summed E-state index contributed by atoms with van der Waals surface area (Å²) in [6.45, 7) is 1.47. The molecule has 0 amide bonds. The molecule has 108 valence electrons. The van der Waals surface area contributed by atoms with Crippen LogP contribution in [0, 0.1) is 0 Å². The fourth-order valence-corrected chi connectivity index (χ4v) is 1.46. The van der Waals surface area contributed by atoms with E-state index in [-0.39, 0.29) is 17.1 Å². The monoisotopic (exact) mass is 308 g/mol. The van der Waals surface area contributed by atoms with Crippen molar-refractivity contribution < 1.29 is 31.1 Å². The van der Waals surface area contributed by atoms with Crippen LogP contribution in [0.1, 0.15) is 12.5 Å². The predicted molar refractivity (Wildman–Crippen MR) is 52.9 cm³/mol. The van der Waals surface area contributed by atoms with Crippen LogP contribution in [-0.4, -0.2) is 28.4 Å². The number of halogens is 7. The second-order valence-corrected chi connectivity index (χ2v) is 3.74. The van der Waals surface area contributed by atoms with E-state index in [4.69, 9.17) is 11.6 Å². The second kappa shape index (κ2) is 5.40. The predicted octanol–water partition coefficient (Wildman–Crippen LogP) is 3.56. The first kappa shape index (κ1) is 15.8. The van der Waals surface area contributed by atoms with Crippen molar-refractivity contribution in [2.24, 2.45) is 0 Å². The van der Waals surface area contributed by atoms with Crippen molar-refractivity contribution in [3.05, 3.63) is 17.0 Å². The molecule has 19 heavy (non-hydrogen) atoms. The van der Waals surface area contributed by atoms with E-state index in [1.807, 2.05) is 0 Å². The van der Waals surface area contributed by atoms with Crippen LogP contribution in [0.3, 0.4) is 0 Å². The smallest absolute Gasteiger partial charge is 0.434 e. The van der Waals surface area contributed by atoms with Gasteiger partial charge in [-0.1, -0.05) is 18.5 Å². The minimum Gasteiger partial charge on any atom is -0.454 e. The van der Waals surface area contributed by atoms with Crippen LogP contribution in [0.5, 0.6) is 5.88 Å². The summed E-state index contributed by atoms with van der Waals surface area (Å²) in [5.41, 5.74) is -0.123. The van der Waals surface area contributed by atoms with Gasteiger partial charge in [0.1, 0.15) is 11.5 Å². The highest BCUT2D eigenvalue weighted by Gasteiger charge is 2.59. The van der Waals surface area contributed by atoms with Crippen LogP contribution in [0.4, 0.5) is 26.3 Å². The number of rotatable bonds is 3. The van der Waals surface area contributed by atoms with E-state index in [1.54, 1.807) is 0 Å². The topological polar surface area (TPSA) is 35.0 Å². The van der Waals surface area contributed by atoms with Crippen LogP contribution in [-0.2, 0) is 6.42 Å². The molecule has 1 heterocycles. The first-order chi connectivity index (χ1) is 8.57. The minimum absolute atomic E-state index is 0.0252. The molecule has 1 rings (SSSR count). The van der Waals surface area contributed by atoms with Crippen molar-refractivity contribution in [3.63, 3.8) is 0 Å². The molecule has 0 fully saturated rings. The van der Waals surface area contributed by atoms with Crippen molar-refractivity contribution >= 4 is 11.6 Å². The van der Waals surface area contributed by atoms with Gasteiger partial charge in [-0.25, -0.2) is 9.97 Å². The lowest BCUT2D eigenvalue weighted by Crippen LogP contribution is -2.46. The molecule has 0 saturated carbocycles. The summed E-state index contributed by atoms with van der Waals surface area (Å²) in [5, 5.41) is -0.254. The highest BCUT2D eigenvalue weighted by Crippen LogP contribution is 2.37. The molecule has 0 aliphatic carbocycles. The molecule has 0 spiro atoms. The van der Waals surface area contributed by atoms with Gasteiger partial charge in [-0.05, 0) is 6.42 Å². The fourth-order valence-electron chi connectivity index (χ4n) is 1.21. The van der Waals surface area contributed by atoms with Crippen molar-refractivity contribution in [2.45, 2.75) is 31.8 Å². The molecular formula is C9H7ClF6N2O. The lowest BCUT2D eigenvalue weighted by Gasteiger charge is -2.24. The molecule has 1 aromatic rings. The Morgan fingerprint density at radius 3 is 2.11 bits per heavy atom. The normalized spacial score (nSPS) is 12.9. The van der Waals surface area contributed by atoms with E-state index in [9.17, 15) is 26.3 Å². The molecule has 10 heteroatoms. The van der Waals surface area contributed by atoms with Crippen LogP contribution < -0.4 is 4.74 Å². The Balaban J connectivity index is 3.15. The molecule has 0 bridgehead atoms. The lowest BCUT2D eigenvalue weighted by atomic mass is 10.2. The fraction of sp³-hybridized carbons (Fsp3) is 0.556. The number of hydrogen-bond acceptors (Lipinski definition) is 3. The van der Waals surface area contributed by atoms with Crippen LogP contribution in [0.25, 0.3) is 0 Å². The van der Waals surface area contributed by atoms with Crippen LogP contribution >= 0.6 is 11.6 Å². The van der Waals surface area contributed by atoms with Gasteiger partial charge in [-0.2, -0.15) is 26.3 Å². The summed E-state index contributed by atoms with van der Waals surface area (Å²) >= 11 is 5.55. The molecule has 3 nitrogen and oxygen atoms in total. The molecule has 0 saturated heterocycles. The van der Waals surface area contributed by atoms with Crippen molar-refractivity contribution in [1.29, 1.82) is 0 Å². The Labute approximate surface area is 108 Å². The van der Waals surface area contributed by atoms with E-state index in [0.29, 0.717) is 0 Å². The van der Waals surface area contributed by atoms with Crippen molar-refractivity contribution in [1.82, 2.24) is 9.97 Å². The van der Waals surface area contributed by atoms with E-state index < -0.39 is 24.3 Å². The summed E-state index contributed by atoms with van der Waals surface area (Å²) in [6.07, 6.45) is -14.4. The molecule has 0 aliphatic heterocycles. The molecular weight excluding hydrogens is 302 g/mol. The van der Waals surface area contributed by atoms with Gasteiger partial charge >= 0.3 is 12.4 Å². The molecule has 0 unspecified atom stereocenters. The van der Waals surface area contributed by atoms with Gasteiger partial charge in [-0.3, -0.25) is 0 Å². The van der Waals surface area contributed by atoms with Crippen LogP contribution in [0.2, 0.25) is 5.15 Å². The Kier molecular flexibility index (Phi) is 4.49. The van der Waals surface area contributed by atoms with Gasteiger partial charge in [-0.15, -0.1) is 0 Å². The van der Waals surface area contributed by atoms with E-state index >= 15 is 0 Å². The summed E-state index contributed by atoms with van der Waals surface area (Å²) < 4.78 is 77.9. The number of nitrogens with zero attached hydrogens (tertiary/aromatic N) is 2. The van der Waals surface area contributed by atoms with Gasteiger partial charge in [0.25, 0.3) is 6.10 Å². The van der Waals surface area contributed by atoms with Gasteiger partial charge in [0.05, 0.1) is 5.56 Å². The zero-order chi connectivity index (χ0) is 14.8. The summed E-state index contributed by atoms with van der Waals surface area (Å²) in [6, 6.07) is 0. The molecule has 0 N–H and O–H groups in total. The van der Waals surface area contributed by atoms with Crippen molar-refractivity contribution in [2.75, 3.05) is 0 Å². The number of alkyl halides is 6. The lowest BCUT2D eigenvalue weighted by molar-refractivity contribution is -0.300.